The number of nitrogens with zero attached hydrogens (tertiary/aromatic N) is 4. The molecule has 5 rings (SSSR count). The van der Waals surface area contributed by atoms with Gasteiger partial charge in [0.2, 0.25) is 0 Å². The molecule has 0 bridgehead atoms. The molecular formula is C25H27F2N5O2. The van der Waals surface area contributed by atoms with Crippen LogP contribution in [0, 0.1) is 6.92 Å². The zero-order valence-corrected chi connectivity index (χ0v) is 19.6. The van der Waals surface area contributed by atoms with E-state index < -0.39 is 5.92 Å². The quantitative estimate of drug-likeness (QED) is 0.455. The lowest BCUT2D eigenvalue weighted by atomic mass is 10.0. The third-order valence-electron chi connectivity index (χ3n) is 6.69. The number of aryl methyl sites for hydroxylation is 2. The van der Waals surface area contributed by atoms with E-state index in [1.54, 1.807) is 22.2 Å². The normalized spacial score (nSPS) is 17.5. The summed E-state index contributed by atoms with van der Waals surface area (Å²) in [7, 11) is 1.77. The molecular weight excluding hydrogens is 440 g/mol. The third kappa shape index (κ3) is 3.73. The molecule has 1 aliphatic rings. The van der Waals surface area contributed by atoms with E-state index in [2.05, 4.69) is 15.5 Å². The summed E-state index contributed by atoms with van der Waals surface area (Å²) >= 11 is 0. The third-order valence-corrected chi connectivity index (χ3v) is 6.69. The fourth-order valence-electron chi connectivity index (χ4n) is 4.69. The van der Waals surface area contributed by atoms with E-state index in [0.29, 0.717) is 19.0 Å². The second-order valence-corrected chi connectivity index (χ2v) is 9.13. The van der Waals surface area contributed by atoms with Gasteiger partial charge in [0.05, 0.1) is 35.4 Å². The first-order valence-corrected chi connectivity index (χ1v) is 11.4. The number of benzene rings is 2. The lowest BCUT2D eigenvalue weighted by Gasteiger charge is -2.19. The highest BCUT2D eigenvalue weighted by Crippen LogP contribution is 2.33. The Morgan fingerprint density at radius 2 is 1.94 bits per heavy atom. The Bertz CT molecular complexity index is 1450. The van der Waals surface area contributed by atoms with E-state index in [4.69, 9.17) is 4.74 Å². The van der Waals surface area contributed by atoms with E-state index in [-0.39, 0.29) is 23.3 Å². The van der Waals surface area contributed by atoms with Gasteiger partial charge in [-0.15, -0.1) is 5.10 Å². The second kappa shape index (κ2) is 8.16. The zero-order chi connectivity index (χ0) is 24.2. The summed E-state index contributed by atoms with van der Waals surface area (Å²) in [4.78, 5) is 13.1. The number of halogens is 2. The minimum atomic E-state index is -2.92. The molecule has 0 spiro atoms. The number of alkyl halides is 2. The van der Waals surface area contributed by atoms with Gasteiger partial charge in [0, 0.05) is 36.9 Å². The number of imidazole rings is 1. The van der Waals surface area contributed by atoms with Crippen molar-refractivity contribution in [3.63, 3.8) is 0 Å². The fraction of sp³-hybridized carbons (Fsp3) is 0.400. The van der Waals surface area contributed by atoms with Gasteiger partial charge in [-0.1, -0.05) is 18.2 Å². The Morgan fingerprint density at radius 3 is 2.65 bits per heavy atom. The van der Waals surface area contributed by atoms with Crippen LogP contribution in [-0.2, 0) is 17.7 Å². The average Bonchev–Trinajstić information content (AvgIpc) is 3.41. The lowest BCUT2D eigenvalue weighted by Crippen LogP contribution is -2.26. The number of hydrogen-bond acceptors (Lipinski definition) is 5. The molecule has 1 aliphatic heterocycles. The molecule has 0 amide bonds. The van der Waals surface area contributed by atoms with Gasteiger partial charge in [-0.2, -0.15) is 5.10 Å². The standard InChI is InChI=1S/C25H27F2N5O2/c1-14(16-6-5-7-17(10-16)25(3,26)27)28-23-20-12-22-21(11-19(20)15(2)29-30-23)31(4)24(33)32(22)18-8-9-34-13-18/h5-7,10-12,14,18H,8-9,13H2,1-4H3,(H,28,30)/t14-,18?/m1/s1. The predicted octanol–water partition coefficient (Wildman–Crippen LogP) is 4.84. The highest BCUT2D eigenvalue weighted by molar-refractivity contribution is 6.01. The van der Waals surface area contributed by atoms with Gasteiger partial charge in [0.1, 0.15) is 0 Å². The van der Waals surface area contributed by atoms with Crippen LogP contribution in [0.3, 0.4) is 0 Å². The summed E-state index contributed by atoms with van der Waals surface area (Å²) in [6, 6.07) is 10.0. The van der Waals surface area contributed by atoms with Gasteiger partial charge in [0.15, 0.2) is 5.82 Å². The first-order valence-electron chi connectivity index (χ1n) is 11.4. The summed E-state index contributed by atoms with van der Waals surface area (Å²) in [5.74, 6) is -2.38. The minimum absolute atomic E-state index is 0.0154. The molecule has 2 aromatic heterocycles. The Labute approximate surface area is 195 Å². The van der Waals surface area contributed by atoms with Crippen LogP contribution >= 0.6 is 0 Å². The fourth-order valence-corrected chi connectivity index (χ4v) is 4.69. The maximum Gasteiger partial charge on any atom is 0.329 e. The topological polar surface area (TPSA) is 74.0 Å². The van der Waals surface area contributed by atoms with Crippen molar-refractivity contribution in [1.82, 2.24) is 19.3 Å². The van der Waals surface area contributed by atoms with Crippen molar-refractivity contribution in [2.45, 2.75) is 45.2 Å². The molecule has 4 aromatic rings. The summed E-state index contributed by atoms with van der Waals surface area (Å²) in [6.45, 7) is 5.80. The van der Waals surface area contributed by atoms with Crippen LogP contribution in [-0.4, -0.2) is 32.5 Å². The molecule has 7 nitrogen and oxygen atoms in total. The molecule has 34 heavy (non-hydrogen) atoms. The molecule has 3 heterocycles. The summed E-state index contributed by atoms with van der Waals surface area (Å²) in [5.41, 5.74) is 2.97. The van der Waals surface area contributed by atoms with E-state index in [1.165, 1.54) is 12.1 Å². The van der Waals surface area contributed by atoms with Crippen molar-refractivity contribution >= 4 is 27.6 Å². The Balaban J connectivity index is 1.62. The van der Waals surface area contributed by atoms with E-state index in [1.807, 2.05) is 32.0 Å². The molecule has 2 aromatic carbocycles. The average molecular weight is 468 g/mol. The highest BCUT2D eigenvalue weighted by Gasteiger charge is 2.26. The second-order valence-electron chi connectivity index (χ2n) is 9.13. The monoisotopic (exact) mass is 467 g/mol. The first kappa shape index (κ1) is 22.5. The SMILES string of the molecule is Cc1nnc(N[C@H](C)c2cccc(C(C)(F)F)c2)c2cc3c(cc12)n(C)c(=O)n3C1CCOC1. The van der Waals surface area contributed by atoms with Crippen molar-refractivity contribution in [2.24, 2.45) is 7.05 Å². The van der Waals surface area contributed by atoms with Crippen LogP contribution in [0.25, 0.3) is 21.8 Å². The molecule has 0 aliphatic carbocycles. The largest absolute Gasteiger partial charge is 0.379 e. The molecule has 0 saturated carbocycles. The molecule has 1 fully saturated rings. The first-order chi connectivity index (χ1) is 16.1. The maximum atomic E-state index is 13.8. The number of ether oxygens (including phenoxy) is 1. The molecule has 1 N–H and O–H groups in total. The van der Waals surface area contributed by atoms with Gasteiger partial charge in [-0.05, 0) is 44.0 Å². The molecule has 0 radical (unpaired) electrons. The van der Waals surface area contributed by atoms with Gasteiger partial charge >= 0.3 is 5.69 Å². The van der Waals surface area contributed by atoms with E-state index in [9.17, 15) is 13.6 Å². The molecule has 178 valence electrons. The van der Waals surface area contributed by atoms with Crippen LogP contribution < -0.4 is 11.0 Å². The number of hydrogen-bond donors (Lipinski definition) is 1. The van der Waals surface area contributed by atoms with Crippen molar-refractivity contribution in [3.8, 4) is 0 Å². The number of aromatic nitrogens is 4. The predicted molar refractivity (Wildman–Crippen MR) is 128 cm³/mol. The molecule has 1 saturated heterocycles. The van der Waals surface area contributed by atoms with Crippen molar-refractivity contribution in [3.05, 3.63) is 63.7 Å². The van der Waals surface area contributed by atoms with Crippen molar-refractivity contribution in [1.29, 1.82) is 0 Å². The minimum Gasteiger partial charge on any atom is -0.379 e. The van der Waals surface area contributed by atoms with Crippen LogP contribution in [0.1, 0.15) is 49.2 Å². The van der Waals surface area contributed by atoms with Crippen LogP contribution in [0.4, 0.5) is 14.6 Å². The Kier molecular flexibility index (Phi) is 5.39. The number of anilines is 1. The lowest BCUT2D eigenvalue weighted by molar-refractivity contribution is 0.0174. The summed E-state index contributed by atoms with van der Waals surface area (Å²) < 4.78 is 36.7. The van der Waals surface area contributed by atoms with Crippen molar-refractivity contribution < 1.29 is 13.5 Å². The van der Waals surface area contributed by atoms with Gasteiger partial charge in [-0.3, -0.25) is 9.13 Å². The molecule has 1 unspecified atom stereocenters. The van der Waals surface area contributed by atoms with Crippen LogP contribution in [0.5, 0.6) is 0 Å². The van der Waals surface area contributed by atoms with Crippen molar-refractivity contribution in [2.75, 3.05) is 18.5 Å². The van der Waals surface area contributed by atoms with E-state index >= 15 is 0 Å². The van der Waals surface area contributed by atoms with Gasteiger partial charge in [-0.25, -0.2) is 13.6 Å². The maximum absolute atomic E-state index is 13.8. The van der Waals surface area contributed by atoms with Crippen LogP contribution in [0.2, 0.25) is 0 Å². The zero-order valence-electron chi connectivity index (χ0n) is 19.6. The summed E-state index contributed by atoms with van der Waals surface area (Å²) in [6.07, 6.45) is 0.783. The number of nitrogens with one attached hydrogen (secondary N) is 1. The number of fused-ring (bicyclic) bond motifs is 2. The number of rotatable bonds is 5. The molecule has 9 heteroatoms. The van der Waals surface area contributed by atoms with Gasteiger partial charge < -0.3 is 10.1 Å². The Hall–Kier alpha value is -3.33. The highest BCUT2D eigenvalue weighted by atomic mass is 19.3. The van der Waals surface area contributed by atoms with E-state index in [0.717, 1.165) is 46.4 Å². The molecule has 2 atom stereocenters. The Morgan fingerprint density at radius 1 is 1.18 bits per heavy atom. The summed E-state index contributed by atoms with van der Waals surface area (Å²) in [5, 5.41) is 13.7. The van der Waals surface area contributed by atoms with Gasteiger partial charge in [0.25, 0.3) is 5.92 Å². The smallest absolute Gasteiger partial charge is 0.329 e. The van der Waals surface area contributed by atoms with Crippen LogP contribution in [0.15, 0.2) is 41.2 Å².